The van der Waals surface area contributed by atoms with E-state index in [1.54, 1.807) is 0 Å². The van der Waals surface area contributed by atoms with Gasteiger partial charge in [0.15, 0.2) is 0 Å². The average molecular weight is 180 g/mol. The molecule has 6 atom stereocenters. The summed E-state index contributed by atoms with van der Waals surface area (Å²) in [4.78, 5) is 11.6. The van der Waals surface area contributed by atoms with Crippen molar-refractivity contribution in [3.8, 4) is 0 Å². The van der Waals surface area contributed by atoms with E-state index in [0.717, 1.165) is 6.42 Å². The number of ether oxygens (including phenoxy) is 2. The molecule has 6 unspecified atom stereocenters. The second-order valence-electron chi connectivity index (χ2n) is 4.77. The molecule has 0 N–H and O–H groups in total. The van der Waals surface area contributed by atoms with Gasteiger partial charge in [0, 0.05) is 5.92 Å². The minimum atomic E-state index is 0.0534. The molecule has 2 saturated heterocycles. The minimum Gasteiger partial charge on any atom is -0.465 e. The summed E-state index contributed by atoms with van der Waals surface area (Å²) in [6, 6.07) is 0. The Kier molecular flexibility index (Phi) is 1.01. The van der Waals surface area contributed by atoms with E-state index >= 15 is 0 Å². The van der Waals surface area contributed by atoms with E-state index < -0.39 is 0 Å². The molecule has 0 amide bonds. The van der Waals surface area contributed by atoms with Crippen molar-refractivity contribution in [3.63, 3.8) is 0 Å². The van der Waals surface area contributed by atoms with Crippen LogP contribution in [-0.4, -0.2) is 24.8 Å². The molecule has 3 nitrogen and oxygen atoms in total. The predicted molar refractivity (Wildman–Crippen MR) is 42.8 cm³/mol. The fourth-order valence-electron chi connectivity index (χ4n) is 3.90. The maximum absolute atomic E-state index is 11.6. The van der Waals surface area contributed by atoms with Crippen LogP contribution in [0.1, 0.15) is 12.8 Å². The van der Waals surface area contributed by atoms with Gasteiger partial charge >= 0.3 is 5.97 Å². The smallest absolute Gasteiger partial charge is 0.309 e. The van der Waals surface area contributed by atoms with Crippen molar-refractivity contribution in [1.29, 1.82) is 0 Å². The topological polar surface area (TPSA) is 38.8 Å². The van der Waals surface area contributed by atoms with E-state index in [9.17, 15) is 4.79 Å². The Hall–Kier alpha value is -0.570. The van der Waals surface area contributed by atoms with Crippen molar-refractivity contribution in [1.82, 2.24) is 0 Å². The maximum atomic E-state index is 11.6. The summed E-state index contributed by atoms with van der Waals surface area (Å²) >= 11 is 0. The molecule has 2 saturated carbocycles. The van der Waals surface area contributed by atoms with Crippen molar-refractivity contribution in [2.75, 3.05) is 6.61 Å². The number of hydrogen-bond donors (Lipinski definition) is 0. The highest BCUT2D eigenvalue weighted by molar-refractivity contribution is 5.75. The molecule has 2 heterocycles. The lowest BCUT2D eigenvalue weighted by atomic mass is 9.76. The third kappa shape index (κ3) is 0.654. The second kappa shape index (κ2) is 1.92. The highest BCUT2D eigenvalue weighted by Gasteiger charge is 2.69. The van der Waals surface area contributed by atoms with Gasteiger partial charge in [-0.3, -0.25) is 4.79 Å². The summed E-state index contributed by atoms with van der Waals surface area (Å²) in [6.07, 6.45) is 3.25. The Morgan fingerprint density at radius 1 is 1.15 bits per heavy atom. The zero-order valence-corrected chi connectivity index (χ0v) is 7.31. The number of esters is 1. The first kappa shape index (κ1) is 6.82. The Morgan fingerprint density at radius 3 is 2.92 bits per heavy atom. The third-order valence-corrected chi connectivity index (χ3v) is 4.39. The van der Waals surface area contributed by atoms with Crippen LogP contribution in [0, 0.1) is 23.7 Å². The Morgan fingerprint density at radius 2 is 2.00 bits per heavy atom. The number of cyclic esters (lactones) is 1. The molecule has 70 valence electrons. The van der Waals surface area contributed by atoms with Crippen LogP contribution < -0.4 is 0 Å². The van der Waals surface area contributed by atoms with Crippen LogP contribution in [0.25, 0.3) is 0 Å². The standard InChI is InChI=1S/C10H12O3/c11-10-7-4(1-2-12-10)5-3-6(7)9-8(5)13-9/h4-9H,1-3H2. The highest BCUT2D eigenvalue weighted by atomic mass is 16.6. The maximum Gasteiger partial charge on any atom is 0.309 e. The normalized spacial score (nSPS) is 61.4. The molecule has 0 radical (unpaired) electrons. The average Bonchev–Trinajstić information content (AvgIpc) is 2.75. The van der Waals surface area contributed by atoms with Crippen molar-refractivity contribution in [2.45, 2.75) is 25.0 Å². The van der Waals surface area contributed by atoms with E-state index in [4.69, 9.17) is 9.47 Å². The van der Waals surface area contributed by atoms with Crippen LogP contribution in [0.4, 0.5) is 0 Å². The molecule has 2 bridgehead atoms. The van der Waals surface area contributed by atoms with E-state index in [-0.39, 0.29) is 11.9 Å². The Bertz CT molecular complexity index is 288. The van der Waals surface area contributed by atoms with Crippen LogP contribution in [0.15, 0.2) is 0 Å². The third-order valence-electron chi connectivity index (χ3n) is 4.39. The fourth-order valence-corrected chi connectivity index (χ4v) is 3.90. The first-order chi connectivity index (χ1) is 6.36. The molecule has 4 fully saturated rings. The van der Waals surface area contributed by atoms with E-state index in [1.165, 1.54) is 6.42 Å². The molecule has 4 rings (SSSR count). The van der Waals surface area contributed by atoms with Gasteiger partial charge in [-0.1, -0.05) is 0 Å². The lowest BCUT2D eigenvalue weighted by molar-refractivity contribution is -0.158. The van der Waals surface area contributed by atoms with Gasteiger partial charge < -0.3 is 9.47 Å². The fraction of sp³-hybridized carbons (Fsp3) is 0.900. The molecular weight excluding hydrogens is 168 g/mol. The summed E-state index contributed by atoms with van der Waals surface area (Å²) in [7, 11) is 0. The summed E-state index contributed by atoms with van der Waals surface area (Å²) in [5.74, 6) is 2.04. The van der Waals surface area contributed by atoms with Gasteiger partial charge in [0.05, 0.1) is 24.7 Å². The van der Waals surface area contributed by atoms with Gasteiger partial charge in [0.1, 0.15) is 0 Å². The van der Waals surface area contributed by atoms with Gasteiger partial charge in [-0.25, -0.2) is 0 Å². The molecule has 13 heavy (non-hydrogen) atoms. The minimum absolute atomic E-state index is 0.0534. The molecule has 0 aromatic rings. The lowest BCUT2D eigenvalue weighted by Gasteiger charge is -2.31. The van der Waals surface area contributed by atoms with E-state index in [2.05, 4.69) is 0 Å². The summed E-state index contributed by atoms with van der Waals surface area (Å²) in [5.41, 5.74) is 0. The van der Waals surface area contributed by atoms with E-state index in [1.807, 2.05) is 0 Å². The van der Waals surface area contributed by atoms with Gasteiger partial charge in [-0.2, -0.15) is 0 Å². The second-order valence-corrected chi connectivity index (χ2v) is 4.77. The number of fused-ring (bicyclic) bond motifs is 8. The molecule has 2 aliphatic carbocycles. The monoisotopic (exact) mass is 180 g/mol. The molecular formula is C10H12O3. The summed E-state index contributed by atoms with van der Waals surface area (Å²) < 4.78 is 10.7. The summed E-state index contributed by atoms with van der Waals surface area (Å²) in [5, 5.41) is 0. The Balaban J connectivity index is 1.75. The molecule has 4 aliphatic rings. The molecule has 0 spiro atoms. The van der Waals surface area contributed by atoms with Crippen molar-refractivity contribution >= 4 is 5.97 Å². The number of epoxide rings is 1. The van der Waals surface area contributed by atoms with Crippen LogP contribution in [-0.2, 0) is 14.3 Å². The van der Waals surface area contributed by atoms with Crippen LogP contribution >= 0.6 is 0 Å². The van der Waals surface area contributed by atoms with Gasteiger partial charge in [-0.15, -0.1) is 0 Å². The van der Waals surface area contributed by atoms with Crippen molar-refractivity contribution < 1.29 is 14.3 Å². The Labute approximate surface area is 76.4 Å². The molecule has 2 aliphatic heterocycles. The number of carbonyl (C=O) groups is 1. The zero-order valence-electron chi connectivity index (χ0n) is 7.31. The lowest BCUT2D eigenvalue weighted by Crippen LogP contribution is -2.39. The van der Waals surface area contributed by atoms with Crippen LogP contribution in [0.2, 0.25) is 0 Å². The van der Waals surface area contributed by atoms with Crippen molar-refractivity contribution in [2.24, 2.45) is 23.7 Å². The van der Waals surface area contributed by atoms with E-state index in [0.29, 0.717) is 36.6 Å². The molecule has 3 heteroatoms. The first-order valence-electron chi connectivity index (χ1n) is 5.18. The first-order valence-corrected chi connectivity index (χ1v) is 5.18. The predicted octanol–water partition coefficient (Wildman–Crippen LogP) is 0.583. The quantitative estimate of drug-likeness (QED) is 0.404. The van der Waals surface area contributed by atoms with Crippen molar-refractivity contribution in [3.05, 3.63) is 0 Å². The number of carbonyl (C=O) groups excluding carboxylic acids is 1. The van der Waals surface area contributed by atoms with Gasteiger partial charge in [-0.05, 0) is 24.7 Å². The highest BCUT2D eigenvalue weighted by Crippen LogP contribution is 2.63. The zero-order chi connectivity index (χ0) is 8.58. The van der Waals surface area contributed by atoms with Gasteiger partial charge in [0.25, 0.3) is 0 Å². The number of hydrogen-bond acceptors (Lipinski definition) is 3. The molecule has 0 aromatic heterocycles. The van der Waals surface area contributed by atoms with Crippen LogP contribution in [0.5, 0.6) is 0 Å². The largest absolute Gasteiger partial charge is 0.465 e. The van der Waals surface area contributed by atoms with Gasteiger partial charge in [0.2, 0.25) is 0 Å². The SMILES string of the molecule is O=C1OCCC2C3CC(C4OC34)C12. The molecule has 0 aromatic carbocycles. The number of rotatable bonds is 0. The van der Waals surface area contributed by atoms with Crippen LogP contribution in [0.3, 0.4) is 0 Å². The summed E-state index contributed by atoms with van der Waals surface area (Å²) in [6.45, 7) is 0.639.